The van der Waals surface area contributed by atoms with Gasteiger partial charge in [-0.05, 0) is 68.0 Å². The van der Waals surface area contributed by atoms with Crippen molar-refractivity contribution >= 4 is 8.32 Å². The summed E-state index contributed by atoms with van der Waals surface area (Å²) in [4.78, 5) is 0. The molecule has 0 amide bonds. The van der Waals surface area contributed by atoms with Crippen LogP contribution in [0.4, 0.5) is 0 Å². The van der Waals surface area contributed by atoms with Gasteiger partial charge in [0.05, 0.1) is 25.2 Å². The highest BCUT2D eigenvalue weighted by atomic mass is 28.4. The average Bonchev–Trinajstić information content (AvgIpc) is 3.13. The van der Waals surface area contributed by atoms with Gasteiger partial charge in [-0.25, -0.2) is 0 Å². The van der Waals surface area contributed by atoms with E-state index in [4.69, 9.17) is 18.6 Å². The van der Waals surface area contributed by atoms with Crippen LogP contribution in [0.3, 0.4) is 0 Å². The van der Waals surface area contributed by atoms with Gasteiger partial charge in [0.25, 0.3) is 0 Å². The van der Waals surface area contributed by atoms with E-state index in [0.717, 1.165) is 37.0 Å². The van der Waals surface area contributed by atoms with E-state index in [-0.39, 0.29) is 23.0 Å². The van der Waals surface area contributed by atoms with Gasteiger partial charge in [0.15, 0.2) is 14.1 Å². The maximum Gasteiger partial charge on any atom is 0.198 e. The molecule has 186 valence electrons. The molecule has 0 aromatic carbocycles. The number of methoxy groups -OCH3 is 1. The molecule has 0 bridgehead atoms. The molecule has 1 heterocycles. The number of ether oxygens (including phenoxy) is 3. The lowest BCUT2D eigenvalue weighted by Gasteiger charge is -2.63. The molecule has 5 aliphatic rings. The molecule has 1 saturated heterocycles. The molecule has 5 rings (SSSR count). The van der Waals surface area contributed by atoms with Crippen molar-refractivity contribution in [2.75, 3.05) is 20.3 Å². The molecule has 5 nitrogen and oxygen atoms in total. The minimum atomic E-state index is -1.94. The van der Waals surface area contributed by atoms with Crippen LogP contribution < -0.4 is 0 Å². The van der Waals surface area contributed by atoms with Gasteiger partial charge in [0.2, 0.25) is 0 Å². The maximum absolute atomic E-state index is 11.0. The van der Waals surface area contributed by atoms with Gasteiger partial charge < -0.3 is 23.7 Å². The number of hydrogen-bond donors (Lipinski definition) is 1. The third-order valence-corrected chi connectivity index (χ3v) is 14.7. The average molecular weight is 477 g/mol. The molecule has 6 heteroatoms. The molecule has 5 fully saturated rings. The third kappa shape index (κ3) is 3.86. The van der Waals surface area contributed by atoms with Crippen LogP contribution in [0.15, 0.2) is 0 Å². The Bertz CT molecular complexity index is 794. The van der Waals surface area contributed by atoms with Crippen LogP contribution in [-0.2, 0) is 18.6 Å². The van der Waals surface area contributed by atoms with Crippen LogP contribution in [0.5, 0.6) is 0 Å². The summed E-state index contributed by atoms with van der Waals surface area (Å²) in [5.74, 6) is 9.08. The quantitative estimate of drug-likeness (QED) is 0.459. The fourth-order valence-corrected chi connectivity index (χ4v) is 8.45. The van der Waals surface area contributed by atoms with Gasteiger partial charge in [-0.15, -0.1) is 0 Å². The van der Waals surface area contributed by atoms with Crippen molar-refractivity contribution in [2.24, 2.45) is 29.6 Å². The number of aliphatic hydroxyl groups is 1. The van der Waals surface area contributed by atoms with Crippen molar-refractivity contribution in [3.63, 3.8) is 0 Å². The van der Waals surface area contributed by atoms with Gasteiger partial charge in [-0.2, -0.15) is 0 Å². The minimum Gasteiger partial charge on any atom is -0.403 e. The van der Waals surface area contributed by atoms with Crippen LogP contribution in [0.1, 0.15) is 65.7 Å². The lowest BCUT2D eigenvalue weighted by molar-refractivity contribution is -0.381. The molecular weight excluding hydrogens is 432 g/mol. The van der Waals surface area contributed by atoms with Crippen molar-refractivity contribution in [2.45, 2.75) is 107 Å². The number of hydrogen-bond acceptors (Lipinski definition) is 5. The molecule has 33 heavy (non-hydrogen) atoms. The van der Waals surface area contributed by atoms with E-state index in [1.807, 2.05) is 0 Å². The van der Waals surface area contributed by atoms with Gasteiger partial charge >= 0.3 is 0 Å². The summed E-state index contributed by atoms with van der Waals surface area (Å²) in [6.45, 7) is 12.8. The van der Waals surface area contributed by atoms with Gasteiger partial charge in [-0.1, -0.05) is 39.0 Å². The summed E-state index contributed by atoms with van der Waals surface area (Å²) in [6.07, 6.45) is 6.91. The monoisotopic (exact) mass is 476 g/mol. The van der Waals surface area contributed by atoms with Gasteiger partial charge in [0.1, 0.15) is 11.7 Å². The van der Waals surface area contributed by atoms with Crippen molar-refractivity contribution < 1.29 is 23.7 Å². The molecule has 7 atom stereocenters. The predicted octanol–water partition coefficient (Wildman–Crippen LogP) is 4.74. The standard InChI is InChI=1S/C27H44O5Si/c1-25(2,3)33(5,6)32-18(16-22-19-8-7-9-20(19)22)10-11-21-23-17-27(30-14-15-31-27)26(23,29-4)13-12-24(21)28/h18-24,28H,7-9,12-17H2,1-6H3/t18-,19?,20?,21+,22?,23-,24+,26+/m1/s1. The van der Waals surface area contributed by atoms with Crippen LogP contribution in [0.2, 0.25) is 18.1 Å². The summed E-state index contributed by atoms with van der Waals surface area (Å²) in [7, 11) is -0.181. The summed E-state index contributed by atoms with van der Waals surface area (Å²) in [5.41, 5.74) is -0.495. The predicted molar refractivity (Wildman–Crippen MR) is 130 cm³/mol. The zero-order valence-electron chi connectivity index (χ0n) is 21.5. The Hall–Kier alpha value is -0.423. The van der Waals surface area contributed by atoms with E-state index in [2.05, 4.69) is 45.7 Å². The van der Waals surface area contributed by atoms with Crippen LogP contribution in [0.25, 0.3) is 0 Å². The third-order valence-electron chi connectivity index (χ3n) is 10.2. The molecule has 4 aliphatic carbocycles. The van der Waals surface area contributed by atoms with Crippen LogP contribution in [-0.4, -0.2) is 57.3 Å². The molecule has 4 saturated carbocycles. The number of fused-ring (bicyclic) bond motifs is 3. The highest BCUT2D eigenvalue weighted by Crippen LogP contribution is 2.62. The summed E-state index contributed by atoms with van der Waals surface area (Å²) < 4.78 is 25.1. The molecular formula is C27H44O5Si. The highest BCUT2D eigenvalue weighted by molar-refractivity contribution is 6.74. The van der Waals surface area contributed by atoms with E-state index in [1.165, 1.54) is 19.3 Å². The molecule has 1 spiro atoms. The van der Waals surface area contributed by atoms with Crippen molar-refractivity contribution in [3.8, 4) is 11.8 Å². The first kappa shape index (κ1) is 24.3. The fraction of sp³-hybridized carbons (Fsp3) is 0.926. The maximum atomic E-state index is 11.0. The second-order valence-electron chi connectivity index (χ2n) is 12.8. The van der Waals surface area contributed by atoms with E-state index < -0.39 is 25.8 Å². The Morgan fingerprint density at radius 3 is 2.39 bits per heavy atom. The smallest absolute Gasteiger partial charge is 0.198 e. The largest absolute Gasteiger partial charge is 0.403 e. The van der Waals surface area contributed by atoms with E-state index in [9.17, 15) is 5.11 Å². The lowest BCUT2D eigenvalue weighted by atomic mass is 9.52. The minimum absolute atomic E-state index is 0.0411. The Kier molecular flexibility index (Phi) is 6.12. The topological polar surface area (TPSA) is 57.2 Å². The van der Waals surface area contributed by atoms with Crippen LogP contribution >= 0.6 is 0 Å². The lowest BCUT2D eigenvalue weighted by Crippen LogP contribution is -2.74. The highest BCUT2D eigenvalue weighted by Gasteiger charge is 2.73. The normalized spacial score (nSPS) is 42.2. The van der Waals surface area contributed by atoms with Crippen molar-refractivity contribution in [3.05, 3.63) is 0 Å². The molecule has 0 aromatic heterocycles. The van der Waals surface area contributed by atoms with Crippen molar-refractivity contribution in [1.82, 2.24) is 0 Å². The molecule has 1 aliphatic heterocycles. The zero-order chi connectivity index (χ0) is 23.6. The van der Waals surface area contributed by atoms with E-state index in [0.29, 0.717) is 19.6 Å². The van der Waals surface area contributed by atoms with Gasteiger partial charge in [-0.3, -0.25) is 0 Å². The van der Waals surface area contributed by atoms with Crippen LogP contribution in [0, 0.1) is 41.4 Å². The molecule has 0 aromatic rings. The first-order valence-corrected chi connectivity index (χ1v) is 16.1. The second-order valence-corrected chi connectivity index (χ2v) is 17.6. The van der Waals surface area contributed by atoms with E-state index >= 15 is 0 Å². The molecule has 0 radical (unpaired) electrons. The Balaban J connectivity index is 1.36. The second kappa shape index (κ2) is 8.32. The molecule has 2 unspecified atom stereocenters. The first-order chi connectivity index (χ1) is 15.5. The SMILES string of the molecule is CO[C@@]12CC[C@H](O)[C@@H](C#C[C@H](CC3C4CCCC43)O[Si](C)(C)C(C)(C)C)[C@H]1CC21OCCO1. The number of aliphatic hydroxyl groups excluding tert-OH is 1. The van der Waals surface area contributed by atoms with Gasteiger partial charge in [0, 0.05) is 19.4 Å². The Morgan fingerprint density at radius 1 is 1.12 bits per heavy atom. The van der Waals surface area contributed by atoms with E-state index in [1.54, 1.807) is 7.11 Å². The summed E-state index contributed by atoms with van der Waals surface area (Å²) >= 11 is 0. The Labute approximate surface area is 201 Å². The number of rotatable bonds is 5. The Morgan fingerprint density at radius 2 is 1.79 bits per heavy atom. The first-order valence-electron chi connectivity index (χ1n) is 13.2. The summed E-state index contributed by atoms with van der Waals surface area (Å²) in [5, 5.41) is 11.1. The summed E-state index contributed by atoms with van der Waals surface area (Å²) in [6, 6.07) is 0. The van der Waals surface area contributed by atoms with Crippen molar-refractivity contribution in [1.29, 1.82) is 0 Å². The fourth-order valence-electron chi connectivity index (χ4n) is 7.23. The zero-order valence-corrected chi connectivity index (χ0v) is 22.5. The molecule has 1 N–H and O–H groups in total.